The van der Waals surface area contributed by atoms with Crippen LogP contribution in [0.2, 0.25) is 0 Å². The first-order valence-electron chi connectivity index (χ1n) is 8.42. The third-order valence-corrected chi connectivity index (χ3v) is 5.17. The minimum absolute atomic E-state index is 0.110. The summed E-state index contributed by atoms with van der Waals surface area (Å²) in [7, 11) is 0. The van der Waals surface area contributed by atoms with Crippen molar-refractivity contribution in [2.45, 2.75) is 12.5 Å². The highest BCUT2D eigenvalue weighted by Gasteiger charge is 2.19. The van der Waals surface area contributed by atoms with Gasteiger partial charge in [0.2, 0.25) is 0 Å². The van der Waals surface area contributed by atoms with Gasteiger partial charge in [-0.1, -0.05) is 42.5 Å². The van der Waals surface area contributed by atoms with E-state index < -0.39 is 0 Å². The Hall–Kier alpha value is -3.16. The van der Waals surface area contributed by atoms with E-state index in [2.05, 4.69) is 56.7 Å². The Morgan fingerprint density at radius 3 is 2.50 bits per heavy atom. The second kappa shape index (κ2) is 7.38. The highest BCUT2D eigenvalue weighted by molar-refractivity contribution is 7.08. The summed E-state index contributed by atoms with van der Waals surface area (Å²) >= 11 is 1.71. The van der Waals surface area contributed by atoms with Crippen LogP contribution < -0.4 is 0 Å². The topological polar surface area (TPSA) is 41.6 Å². The van der Waals surface area contributed by atoms with Crippen molar-refractivity contribution < 1.29 is 0 Å². The van der Waals surface area contributed by atoms with Gasteiger partial charge in [0.1, 0.15) is 0 Å². The van der Waals surface area contributed by atoms with Crippen LogP contribution in [0.5, 0.6) is 0 Å². The third-order valence-electron chi connectivity index (χ3n) is 4.47. The predicted molar refractivity (Wildman–Crippen MR) is 104 cm³/mol. The van der Waals surface area contributed by atoms with Crippen LogP contribution in [-0.2, 0) is 6.42 Å². The number of nitriles is 1. The lowest BCUT2D eigenvalue weighted by Gasteiger charge is -2.21. The van der Waals surface area contributed by atoms with Crippen molar-refractivity contribution in [1.29, 1.82) is 5.26 Å². The number of hydrogen-bond donors (Lipinski definition) is 0. The van der Waals surface area contributed by atoms with Crippen molar-refractivity contribution in [3.05, 3.63) is 112 Å². The number of rotatable bonds is 5. The summed E-state index contributed by atoms with van der Waals surface area (Å²) in [6.07, 6.45) is 4.62. The van der Waals surface area contributed by atoms with Crippen LogP contribution in [0, 0.1) is 11.3 Å². The van der Waals surface area contributed by atoms with Gasteiger partial charge >= 0.3 is 0 Å². The lowest BCUT2D eigenvalue weighted by molar-refractivity contribution is 0.651. The maximum absolute atomic E-state index is 8.97. The van der Waals surface area contributed by atoms with Gasteiger partial charge in [0.05, 0.1) is 24.0 Å². The van der Waals surface area contributed by atoms with Gasteiger partial charge in [0.25, 0.3) is 0 Å². The number of imidazole rings is 1. The smallest absolute Gasteiger partial charge is 0.0991 e. The zero-order valence-electron chi connectivity index (χ0n) is 14.1. The van der Waals surface area contributed by atoms with Crippen LogP contribution in [0.3, 0.4) is 0 Å². The Morgan fingerprint density at radius 2 is 1.81 bits per heavy atom. The molecule has 0 radical (unpaired) electrons. The maximum Gasteiger partial charge on any atom is 0.0991 e. The molecule has 4 heteroatoms. The molecule has 0 saturated heterocycles. The summed E-state index contributed by atoms with van der Waals surface area (Å²) in [5.41, 5.74) is 5.51. The minimum Gasteiger partial charge on any atom is -0.323 e. The molecule has 0 fully saturated rings. The SMILES string of the molecule is N#Cc1ccc(Cc2cncn2C(c2ccccc2)c2ccsc2)cc1. The number of aromatic nitrogens is 2. The van der Waals surface area contributed by atoms with Crippen molar-refractivity contribution in [2.24, 2.45) is 0 Å². The molecule has 2 heterocycles. The van der Waals surface area contributed by atoms with Gasteiger partial charge in [0.15, 0.2) is 0 Å². The first kappa shape index (κ1) is 16.3. The monoisotopic (exact) mass is 355 g/mol. The number of thiophene rings is 1. The molecule has 2 aromatic carbocycles. The zero-order valence-corrected chi connectivity index (χ0v) is 14.9. The van der Waals surface area contributed by atoms with Gasteiger partial charge in [0, 0.05) is 18.3 Å². The van der Waals surface area contributed by atoms with Crippen molar-refractivity contribution in [1.82, 2.24) is 9.55 Å². The maximum atomic E-state index is 8.97. The van der Waals surface area contributed by atoms with Crippen LogP contribution in [0.15, 0.2) is 83.9 Å². The van der Waals surface area contributed by atoms with Gasteiger partial charge < -0.3 is 4.57 Å². The van der Waals surface area contributed by atoms with Crippen molar-refractivity contribution >= 4 is 11.3 Å². The largest absolute Gasteiger partial charge is 0.323 e. The van der Waals surface area contributed by atoms with Crippen molar-refractivity contribution in [3.8, 4) is 6.07 Å². The molecule has 0 aliphatic carbocycles. The van der Waals surface area contributed by atoms with Gasteiger partial charge in [-0.3, -0.25) is 0 Å². The quantitative estimate of drug-likeness (QED) is 0.503. The van der Waals surface area contributed by atoms with E-state index in [0.29, 0.717) is 5.56 Å². The second-order valence-electron chi connectivity index (χ2n) is 6.15. The van der Waals surface area contributed by atoms with Crippen LogP contribution >= 0.6 is 11.3 Å². The Balaban J connectivity index is 1.72. The summed E-state index contributed by atoms with van der Waals surface area (Å²) < 4.78 is 2.25. The summed E-state index contributed by atoms with van der Waals surface area (Å²) in [5, 5.41) is 13.3. The summed E-state index contributed by atoms with van der Waals surface area (Å²) in [6.45, 7) is 0. The molecule has 26 heavy (non-hydrogen) atoms. The zero-order chi connectivity index (χ0) is 17.8. The molecule has 0 N–H and O–H groups in total. The molecule has 0 spiro atoms. The fraction of sp³-hybridized carbons (Fsp3) is 0.0909. The normalized spacial score (nSPS) is 11.8. The van der Waals surface area contributed by atoms with Gasteiger partial charge in [-0.25, -0.2) is 4.98 Å². The van der Waals surface area contributed by atoms with E-state index in [1.807, 2.05) is 42.9 Å². The van der Waals surface area contributed by atoms with E-state index in [1.165, 1.54) is 16.7 Å². The molecular weight excluding hydrogens is 338 g/mol. The molecule has 2 aromatic heterocycles. The van der Waals surface area contributed by atoms with Crippen LogP contribution in [-0.4, -0.2) is 9.55 Å². The van der Waals surface area contributed by atoms with Gasteiger partial charge in [-0.05, 0) is 45.6 Å². The minimum atomic E-state index is 0.110. The van der Waals surface area contributed by atoms with E-state index in [-0.39, 0.29) is 6.04 Å². The van der Waals surface area contributed by atoms with E-state index >= 15 is 0 Å². The fourth-order valence-electron chi connectivity index (χ4n) is 3.19. The first-order chi connectivity index (χ1) is 12.8. The highest BCUT2D eigenvalue weighted by Crippen LogP contribution is 2.30. The van der Waals surface area contributed by atoms with E-state index in [9.17, 15) is 0 Å². The molecule has 0 saturated carbocycles. The van der Waals surface area contributed by atoms with Crippen molar-refractivity contribution in [3.63, 3.8) is 0 Å². The molecule has 4 rings (SSSR count). The summed E-state index contributed by atoms with van der Waals surface area (Å²) in [5.74, 6) is 0. The van der Waals surface area contributed by atoms with E-state index in [4.69, 9.17) is 5.26 Å². The lowest BCUT2D eigenvalue weighted by atomic mass is 10.00. The number of benzene rings is 2. The highest BCUT2D eigenvalue weighted by atomic mass is 32.1. The summed E-state index contributed by atoms with van der Waals surface area (Å²) in [4.78, 5) is 4.42. The van der Waals surface area contributed by atoms with Crippen LogP contribution in [0.25, 0.3) is 0 Å². The Labute approximate surface area is 156 Å². The number of nitrogens with zero attached hydrogens (tertiary/aromatic N) is 3. The molecule has 4 aromatic rings. The van der Waals surface area contributed by atoms with Gasteiger partial charge in [-0.15, -0.1) is 0 Å². The molecule has 1 unspecified atom stereocenters. The van der Waals surface area contributed by atoms with Crippen LogP contribution in [0.4, 0.5) is 0 Å². The third kappa shape index (κ3) is 3.30. The molecule has 0 aliphatic heterocycles. The Morgan fingerprint density at radius 1 is 1.00 bits per heavy atom. The first-order valence-corrected chi connectivity index (χ1v) is 9.36. The summed E-state index contributed by atoms with van der Waals surface area (Å²) in [6, 6.07) is 22.7. The Bertz CT molecular complexity index is 1010. The molecule has 3 nitrogen and oxygen atoms in total. The lowest BCUT2D eigenvalue weighted by Crippen LogP contribution is -2.13. The second-order valence-corrected chi connectivity index (χ2v) is 6.93. The molecule has 1 atom stereocenters. The number of hydrogen-bond acceptors (Lipinski definition) is 3. The molecule has 0 bridgehead atoms. The van der Waals surface area contributed by atoms with Gasteiger partial charge in [-0.2, -0.15) is 16.6 Å². The van der Waals surface area contributed by atoms with Crippen molar-refractivity contribution in [2.75, 3.05) is 0 Å². The predicted octanol–water partition coefficient (Wildman–Crippen LogP) is 5.04. The van der Waals surface area contributed by atoms with E-state index in [0.717, 1.165) is 12.1 Å². The molecule has 126 valence electrons. The molecule has 0 aliphatic rings. The Kier molecular flexibility index (Phi) is 4.63. The average Bonchev–Trinajstić information content (AvgIpc) is 3.37. The fourth-order valence-corrected chi connectivity index (χ4v) is 3.87. The standard InChI is InChI=1S/C22H17N3S/c23-13-18-8-6-17(7-9-18)12-21-14-24-16-25(21)22(20-10-11-26-15-20)19-4-2-1-3-5-19/h1-11,14-16,22H,12H2. The average molecular weight is 355 g/mol. The van der Waals surface area contributed by atoms with Crippen LogP contribution in [0.1, 0.15) is 34.0 Å². The molecule has 0 amide bonds. The van der Waals surface area contributed by atoms with E-state index in [1.54, 1.807) is 11.3 Å². The molecular formula is C22H17N3S.